The standard InChI is InChI=1S/C29H28F3NO2/c1-33(20-21-6-4-3-5-7-21)17-16-28(35-26-14-11-25(12-15-26)29(30,31)32)24-9-8-23-19-27(34-2)13-10-22(23)18-24/h3-15,18-19,28H,16-17,20H2,1-2H3. The van der Waals surface area contributed by atoms with Crippen LogP contribution in [-0.2, 0) is 12.7 Å². The predicted octanol–water partition coefficient (Wildman–Crippen LogP) is 7.51. The van der Waals surface area contributed by atoms with Gasteiger partial charge < -0.3 is 14.4 Å². The number of halogens is 3. The van der Waals surface area contributed by atoms with Crippen LogP contribution in [-0.4, -0.2) is 25.6 Å². The molecule has 6 heteroatoms. The Balaban J connectivity index is 1.55. The fourth-order valence-electron chi connectivity index (χ4n) is 4.06. The first-order valence-corrected chi connectivity index (χ1v) is 11.5. The molecule has 0 spiro atoms. The first-order chi connectivity index (χ1) is 16.8. The van der Waals surface area contributed by atoms with E-state index in [0.29, 0.717) is 12.2 Å². The van der Waals surface area contributed by atoms with E-state index < -0.39 is 11.7 Å². The van der Waals surface area contributed by atoms with E-state index in [-0.39, 0.29) is 6.10 Å². The van der Waals surface area contributed by atoms with E-state index in [9.17, 15) is 13.2 Å². The molecule has 0 saturated heterocycles. The first kappa shape index (κ1) is 24.6. The molecular formula is C29H28F3NO2. The van der Waals surface area contributed by atoms with Crippen LogP contribution < -0.4 is 9.47 Å². The quantitative estimate of drug-likeness (QED) is 0.248. The second-order valence-electron chi connectivity index (χ2n) is 8.61. The average molecular weight is 480 g/mol. The second-order valence-corrected chi connectivity index (χ2v) is 8.61. The number of ether oxygens (including phenoxy) is 2. The zero-order valence-corrected chi connectivity index (χ0v) is 19.8. The lowest BCUT2D eigenvalue weighted by molar-refractivity contribution is -0.137. The normalized spacial score (nSPS) is 12.6. The van der Waals surface area contributed by atoms with Crippen LogP contribution in [0.25, 0.3) is 10.8 Å². The van der Waals surface area contributed by atoms with Crippen molar-refractivity contribution in [2.24, 2.45) is 0 Å². The van der Waals surface area contributed by atoms with Crippen LogP contribution in [0.1, 0.15) is 29.2 Å². The van der Waals surface area contributed by atoms with E-state index in [1.165, 1.54) is 17.7 Å². The Morgan fingerprint density at radius 1 is 0.800 bits per heavy atom. The fourth-order valence-corrected chi connectivity index (χ4v) is 4.06. The van der Waals surface area contributed by atoms with Crippen molar-refractivity contribution in [3.8, 4) is 11.5 Å². The Morgan fingerprint density at radius 3 is 2.14 bits per heavy atom. The third-order valence-electron chi connectivity index (χ3n) is 5.97. The Kier molecular flexibility index (Phi) is 7.61. The van der Waals surface area contributed by atoms with Crippen LogP contribution in [0.15, 0.2) is 91.0 Å². The van der Waals surface area contributed by atoms with Crippen molar-refractivity contribution in [1.29, 1.82) is 0 Å². The van der Waals surface area contributed by atoms with Crippen LogP contribution in [0.4, 0.5) is 13.2 Å². The molecule has 1 atom stereocenters. The summed E-state index contributed by atoms with van der Waals surface area (Å²) in [5.74, 6) is 1.19. The molecule has 3 nitrogen and oxygen atoms in total. The molecule has 1 unspecified atom stereocenters. The fraction of sp³-hybridized carbons (Fsp3) is 0.241. The van der Waals surface area contributed by atoms with Crippen molar-refractivity contribution in [2.75, 3.05) is 20.7 Å². The monoisotopic (exact) mass is 479 g/mol. The van der Waals surface area contributed by atoms with Crippen molar-refractivity contribution in [3.63, 3.8) is 0 Å². The maximum Gasteiger partial charge on any atom is 0.416 e. The molecular weight excluding hydrogens is 451 g/mol. The number of rotatable bonds is 9. The number of hydrogen-bond acceptors (Lipinski definition) is 3. The highest BCUT2D eigenvalue weighted by molar-refractivity contribution is 5.84. The first-order valence-electron chi connectivity index (χ1n) is 11.5. The smallest absolute Gasteiger partial charge is 0.416 e. The molecule has 0 aliphatic rings. The second kappa shape index (κ2) is 10.8. The summed E-state index contributed by atoms with van der Waals surface area (Å²) in [5.41, 5.74) is 1.49. The minimum Gasteiger partial charge on any atom is -0.497 e. The molecule has 0 aliphatic carbocycles. The van der Waals surface area contributed by atoms with E-state index in [1.807, 2.05) is 48.5 Å². The molecule has 0 saturated carbocycles. The van der Waals surface area contributed by atoms with Gasteiger partial charge >= 0.3 is 6.18 Å². The third-order valence-corrected chi connectivity index (χ3v) is 5.97. The maximum atomic E-state index is 13.0. The lowest BCUT2D eigenvalue weighted by Gasteiger charge is -2.24. The van der Waals surface area contributed by atoms with Crippen LogP contribution in [0.3, 0.4) is 0 Å². The third kappa shape index (κ3) is 6.55. The molecule has 0 fully saturated rings. The number of methoxy groups -OCH3 is 1. The van der Waals surface area contributed by atoms with Gasteiger partial charge in [-0.25, -0.2) is 0 Å². The van der Waals surface area contributed by atoms with Crippen LogP contribution in [0.5, 0.6) is 11.5 Å². The van der Waals surface area contributed by atoms with Gasteiger partial charge in [0.25, 0.3) is 0 Å². The number of fused-ring (bicyclic) bond motifs is 1. The minimum atomic E-state index is -4.38. The molecule has 0 heterocycles. The lowest BCUT2D eigenvalue weighted by atomic mass is 10.0. The highest BCUT2D eigenvalue weighted by Gasteiger charge is 2.30. The van der Waals surface area contributed by atoms with Crippen LogP contribution in [0.2, 0.25) is 0 Å². The van der Waals surface area contributed by atoms with E-state index in [4.69, 9.17) is 9.47 Å². The van der Waals surface area contributed by atoms with Gasteiger partial charge in [-0.05, 0) is 71.4 Å². The van der Waals surface area contributed by atoms with E-state index in [2.05, 4.69) is 30.1 Å². The maximum absolute atomic E-state index is 13.0. The van der Waals surface area contributed by atoms with Crippen molar-refractivity contribution in [2.45, 2.75) is 25.2 Å². The lowest BCUT2D eigenvalue weighted by Crippen LogP contribution is -2.22. The number of hydrogen-bond donors (Lipinski definition) is 0. The molecule has 4 rings (SSSR count). The molecule has 35 heavy (non-hydrogen) atoms. The summed E-state index contributed by atoms with van der Waals surface area (Å²) in [6, 6.07) is 27.1. The van der Waals surface area contributed by atoms with Crippen molar-refractivity contribution < 1.29 is 22.6 Å². The molecule has 4 aromatic rings. The van der Waals surface area contributed by atoms with Gasteiger partial charge in [-0.1, -0.05) is 48.5 Å². The molecule has 0 aliphatic heterocycles. The Hall–Kier alpha value is -3.51. The Morgan fingerprint density at radius 2 is 1.46 bits per heavy atom. The Bertz CT molecular complexity index is 1240. The highest BCUT2D eigenvalue weighted by Crippen LogP contribution is 2.33. The highest BCUT2D eigenvalue weighted by atomic mass is 19.4. The SMILES string of the molecule is COc1ccc2cc(C(CCN(C)Cc3ccccc3)Oc3ccc(C(F)(F)F)cc3)ccc2c1. The Labute approximate surface area is 203 Å². The molecule has 0 bridgehead atoms. The number of benzene rings is 4. The molecule has 0 aromatic heterocycles. The van der Waals surface area contributed by atoms with Gasteiger partial charge in [-0.2, -0.15) is 13.2 Å². The molecule has 4 aromatic carbocycles. The molecule has 0 N–H and O–H groups in total. The van der Waals surface area contributed by atoms with Gasteiger partial charge in [0.1, 0.15) is 17.6 Å². The summed E-state index contributed by atoms with van der Waals surface area (Å²) in [7, 11) is 3.68. The summed E-state index contributed by atoms with van der Waals surface area (Å²) in [5, 5.41) is 2.09. The number of alkyl halides is 3. The molecule has 182 valence electrons. The van der Waals surface area contributed by atoms with Crippen molar-refractivity contribution >= 4 is 10.8 Å². The van der Waals surface area contributed by atoms with Gasteiger partial charge in [0.05, 0.1) is 12.7 Å². The largest absolute Gasteiger partial charge is 0.497 e. The van der Waals surface area contributed by atoms with E-state index in [0.717, 1.165) is 47.3 Å². The van der Waals surface area contributed by atoms with Crippen LogP contribution >= 0.6 is 0 Å². The van der Waals surface area contributed by atoms with Gasteiger partial charge in [0.2, 0.25) is 0 Å². The molecule has 0 amide bonds. The summed E-state index contributed by atoms with van der Waals surface area (Å²) >= 11 is 0. The minimum absolute atomic E-state index is 0.323. The van der Waals surface area contributed by atoms with Crippen molar-refractivity contribution in [3.05, 3.63) is 108 Å². The number of nitrogens with zero attached hydrogens (tertiary/aromatic N) is 1. The van der Waals surface area contributed by atoms with E-state index >= 15 is 0 Å². The van der Waals surface area contributed by atoms with Gasteiger partial charge in [-0.15, -0.1) is 0 Å². The average Bonchev–Trinajstić information content (AvgIpc) is 2.86. The zero-order valence-electron chi connectivity index (χ0n) is 19.8. The summed E-state index contributed by atoms with van der Waals surface area (Å²) in [4.78, 5) is 2.21. The van der Waals surface area contributed by atoms with Crippen LogP contribution in [0, 0.1) is 0 Å². The topological polar surface area (TPSA) is 21.7 Å². The summed E-state index contributed by atoms with van der Waals surface area (Å²) in [6.45, 7) is 1.55. The molecule has 0 radical (unpaired) electrons. The zero-order chi connectivity index (χ0) is 24.8. The summed E-state index contributed by atoms with van der Waals surface area (Å²) < 4.78 is 50.5. The van der Waals surface area contributed by atoms with Gasteiger partial charge in [0, 0.05) is 19.5 Å². The van der Waals surface area contributed by atoms with E-state index in [1.54, 1.807) is 7.11 Å². The van der Waals surface area contributed by atoms with Gasteiger partial charge in [0.15, 0.2) is 0 Å². The van der Waals surface area contributed by atoms with Crippen molar-refractivity contribution in [1.82, 2.24) is 4.90 Å². The van der Waals surface area contributed by atoms with Gasteiger partial charge in [-0.3, -0.25) is 0 Å². The summed E-state index contributed by atoms with van der Waals surface area (Å²) in [6.07, 6.45) is -4.03. The predicted molar refractivity (Wildman–Crippen MR) is 133 cm³/mol.